The first kappa shape index (κ1) is 18.8. The molecule has 0 heterocycles. The molecular formula is C19H29NO4. The lowest BCUT2D eigenvalue weighted by molar-refractivity contribution is -0.169. The molecule has 2 aliphatic rings. The van der Waals surface area contributed by atoms with Crippen LogP contribution in [-0.4, -0.2) is 23.7 Å². The first-order valence-electron chi connectivity index (χ1n) is 9.39. The quantitative estimate of drug-likeness (QED) is 0.536. The molecule has 2 atom stereocenters. The van der Waals surface area contributed by atoms with E-state index in [0.717, 1.165) is 64.2 Å². The van der Waals surface area contributed by atoms with E-state index in [0.29, 0.717) is 0 Å². The fourth-order valence-corrected chi connectivity index (χ4v) is 4.62. The topological polar surface area (TPSA) is 87.4 Å². The molecule has 2 fully saturated rings. The van der Waals surface area contributed by atoms with Crippen LogP contribution in [-0.2, 0) is 14.3 Å². The minimum atomic E-state index is -1.52. The van der Waals surface area contributed by atoms with Crippen molar-refractivity contribution in [2.45, 2.75) is 71.1 Å². The molecule has 1 N–H and O–H groups in total. The number of aliphatic carboxylic acids is 1. The molecule has 24 heavy (non-hydrogen) atoms. The number of hydrogen-bond acceptors (Lipinski definition) is 4. The highest BCUT2D eigenvalue weighted by molar-refractivity contribution is 5.88. The van der Waals surface area contributed by atoms with E-state index >= 15 is 0 Å². The predicted molar refractivity (Wildman–Crippen MR) is 89.0 cm³/mol. The van der Waals surface area contributed by atoms with Crippen molar-refractivity contribution in [3.05, 3.63) is 0 Å². The normalized spacial score (nSPS) is 22.7. The van der Waals surface area contributed by atoms with E-state index in [9.17, 15) is 20.0 Å². The van der Waals surface area contributed by atoms with Gasteiger partial charge in [-0.3, -0.25) is 9.59 Å². The number of carboxylic acids is 1. The molecule has 0 aliphatic heterocycles. The van der Waals surface area contributed by atoms with Crippen LogP contribution in [0.4, 0.5) is 0 Å². The van der Waals surface area contributed by atoms with Crippen molar-refractivity contribution >= 4 is 11.9 Å². The fourth-order valence-electron chi connectivity index (χ4n) is 4.62. The van der Waals surface area contributed by atoms with Crippen molar-refractivity contribution in [1.29, 1.82) is 5.26 Å². The van der Waals surface area contributed by atoms with Crippen LogP contribution in [0.15, 0.2) is 0 Å². The summed E-state index contributed by atoms with van der Waals surface area (Å²) < 4.78 is 5.42. The number of nitrogens with zero attached hydrogens (tertiary/aromatic N) is 1. The zero-order valence-corrected chi connectivity index (χ0v) is 14.6. The molecule has 2 rings (SSSR count). The van der Waals surface area contributed by atoms with E-state index in [4.69, 9.17) is 4.74 Å². The Morgan fingerprint density at radius 3 is 2.29 bits per heavy atom. The number of hydrogen-bond donors (Lipinski definition) is 1. The summed E-state index contributed by atoms with van der Waals surface area (Å²) in [5, 5.41) is 20.0. The predicted octanol–water partition coefficient (Wildman–Crippen LogP) is 3.92. The van der Waals surface area contributed by atoms with Gasteiger partial charge in [0, 0.05) is 0 Å². The molecule has 5 nitrogen and oxygen atoms in total. The van der Waals surface area contributed by atoms with Crippen LogP contribution in [0.3, 0.4) is 0 Å². The summed E-state index contributed by atoms with van der Waals surface area (Å²) in [6, 6.07) is 2.19. The highest BCUT2D eigenvalue weighted by Crippen LogP contribution is 2.51. The van der Waals surface area contributed by atoms with Crippen LogP contribution in [0.2, 0.25) is 0 Å². The summed E-state index contributed by atoms with van der Waals surface area (Å²) in [7, 11) is 0. The molecule has 0 saturated heterocycles. The van der Waals surface area contributed by atoms with Gasteiger partial charge in [-0.1, -0.05) is 39.0 Å². The average molecular weight is 335 g/mol. The molecule has 0 radical (unpaired) electrons. The second-order valence-electron chi connectivity index (χ2n) is 7.31. The van der Waals surface area contributed by atoms with Gasteiger partial charge < -0.3 is 9.84 Å². The van der Waals surface area contributed by atoms with E-state index in [1.807, 2.05) is 6.92 Å². The Labute approximate surface area is 144 Å². The van der Waals surface area contributed by atoms with Crippen molar-refractivity contribution in [2.24, 2.45) is 23.2 Å². The Balaban J connectivity index is 2.36. The highest BCUT2D eigenvalue weighted by Gasteiger charge is 2.59. The number of nitriles is 1. The first-order valence-corrected chi connectivity index (χ1v) is 9.39. The van der Waals surface area contributed by atoms with E-state index in [-0.39, 0.29) is 18.4 Å². The number of carbonyl (C=O) groups excluding carboxylic acids is 1. The lowest BCUT2D eigenvalue weighted by atomic mass is 9.62. The lowest BCUT2D eigenvalue weighted by Crippen LogP contribution is -2.50. The van der Waals surface area contributed by atoms with Gasteiger partial charge in [-0.05, 0) is 43.9 Å². The van der Waals surface area contributed by atoms with Crippen LogP contribution < -0.4 is 0 Å². The van der Waals surface area contributed by atoms with E-state index in [1.165, 1.54) is 0 Å². The van der Waals surface area contributed by atoms with Crippen LogP contribution >= 0.6 is 0 Å². The number of unbranched alkanes of at least 4 members (excludes halogenated alkanes) is 1. The summed E-state index contributed by atoms with van der Waals surface area (Å²) in [5.41, 5.74) is -1.52. The number of carboxylic acid groups (broad SMARTS) is 1. The van der Waals surface area contributed by atoms with Crippen molar-refractivity contribution < 1.29 is 19.4 Å². The molecule has 0 aromatic heterocycles. The minimum absolute atomic E-state index is 0.0959. The molecule has 0 aromatic carbocycles. The fraction of sp³-hybridized carbons (Fsp3) is 0.842. The number of carbonyl (C=O) groups is 2. The van der Waals surface area contributed by atoms with Gasteiger partial charge in [0.25, 0.3) is 0 Å². The van der Waals surface area contributed by atoms with E-state index in [1.54, 1.807) is 0 Å². The number of ether oxygens (including phenoxy) is 1. The van der Waals surface area contributed by atoms with Gasteiger partial charge in [0.05, 0.1) is 18.6 Å². The third-order valence-electron chi connectivity index (χ3n) is 5.88. The SMILES string of the molecule is CCCCOC(=O)C(C#N)(C1CCCC1)C(C(=O)O)C1CCCC1. The summed E-state index contributed by atoms with van der Waals surface area (Å²) in [6.07, 6.45) is 8.54. The Kier molecular flexibility index (Phi) is 6.65. The standard InChI is InChI=1S/C19H29NO4/c1-2-3-12-24-18(23)19(13-20,15-10-6-7-11-15)16(17(21)22)14-8-4-5-9-14/h14-16H,2-12H2,1H3,(H,21,22). The largest absolute Gasteiger partial charge is 0.481 e. The Morgan fingerprint density at radius 1 is 1.21 bits per heavy atom. The smallest absolute Gasteiger partial charge is 0.327 e. The molecule has 5 heteroatoms. The monoisotopic (exact) mass is 335 g/mol. The van der Waals surface area contributed by atoms with Crippen LogP contribution in [0.25, 0.3) is 0 Å². The third-order valence-corrected chi connectivity index (χ3v) is 5.88. The lowest BCUT2D eigenvalue weighted by Gasteiger charge is -2.38. The molecule has 0 amide bonds. The van der Waals surface area contributed by atoms with Gasteiger partial charge in [-0.15, -0.1) is 0 Å². The molecule has 0 bridgehead atoms. The molecule has 0 aromatic rings. The number of rotatable bonds is 8. The average Bonchev–Trinajstić information content (AvgIpc) is 3.25. The molecule has 2 unspecified atom stereocenters. The van der Waals surface area contributed by atoms with Crippen molar-refractivity contribution in [1.82, 2.24) is 0 Å². The third kappa shape index (κ3) is 3.58. The van der Waals surface area contributed by atoms with Gasteiger partial charge >= 0.3 is 11.9 Å². The second-order valence-corrected chi connectivity index (χ2v) is 7.31. The van der Waals surface area contributed by atoms with E-state index in [2.05, 4.69) is 6.07 Å². The minimum Gasteiger partial charge on any atom is -0.481 e. The van der Waals surface area contributed by atoms with Gasteiger partial charge in [0.15, 0.2) is 5.41 Å². The summed E-state index contributed by atoms with van der Waals surface area (Å²) in [5.74, 6) is -2.84. The molecule has 134 valence electrons. The number of esters is 1. The Morgan fingerprint density at radius 2 is 1.79 bits per heavy atom. The van der Waals surface area contributed by atoms with Crippen molar-refractivity contribution in [3.8, 4) is 6.07 Å². The van der Waals surface area contributed by atoms with Crippen molar-refractivity contribution in [2.75, 3.05) is 6.61 Å². The Bertz CT molecular complexity index is 486. The Hall–Kier alpha value is -1.57. The molecule has 0 spiro atoms. The van der Waals surface area contributed by atoms with Gasteiger partial charge in [-0.2, -0.15) is 5.26 Å². The van der Waals surface area contributed by atoms with Gasteiger partial charge in [0.2, 0.25) is 0 Å². The van der Waals surface area contributed by atoms with Crippen LogP contribution in [0, 0.1) is 34.5 Å². The zero-order chi connectivity index (χ0) is 17.6. The maximum Gasteiger partial charge on any atom is 0.327 e. The van der Waals surface area contributed by atoms with Gasteiger partial charge in [-0.25, -0.2) is 0 Å². The molecule has 2 saturated carbocycles. The maximum absolute atomic E-state index is 13.0. The maximum atomic E-state index is 13.0. The zero-order valence-electron chi connectivity index (χ0n) is 14.6. The molecule has 2 aliphatic carbocycles. The molecular weight excluding hydrogens is 306 g/mol. The second kappa shape index (κ2) is 8.50. The summed E-state index contributed by atoms with van der Waals surface area (Å²) in [4.78, 5) is 25.1. The first-order chi connectivity index (χ1) is 11.6. The summed E-state index contributed by atoms with van der Waals surface area (Å²) in [6.45, 7) is 2.27. The highest BCUT2D eigenvalue weighted by atomic mass is 16.5. The van der Waals surface area contributed by atoms with E-state index < -0.39 is 23.3 Å². The summed E-state index contributed by atoms with van der Waals surface area (Å²) >= 11 is 0. The van der Waals surface area contributed by atoms with Crippen LogP contribution in [0.1, 0.15) is 71.1 Å². The van der Waals surface area contributed by atoms with Crippen molar-refractivity contribution in [3.63, 3.8) is 0 Å². The van der Waals surface area contributed by atoms with Crippen LogP contribution in [0.5, 0.6) is 0 Å². The van der Waals surface area contributed by atoms with Gasteiger partial charge in [0.1, 0.15) is 0 Å².